The molecule has 0 spiro atoms. The molecule has 0 aliphatic carbocycles. The van der Waals surface area contributed by atoms with Crippen molar-refractivity contribution in [3.8, 4) is 11.3 Å². The van der Waals surface area contributed by atoms with Gasteiger partial charge in [0.25, 0.3) is 17.7 Å². The second-order valence-corrected chi connectivity index (χ2v) is 19.7. The summed E-state index contributed by atoms with van der Waals surface area (Å²) in [5.41, 5.74) is 17.8. The molecule has 0 bridgehead atoms. The molecule has 80 heavy (non-hydrogen) atoms. The van der Waals surface area contributed by atoms with E-state index in [2.05, 4.69) is 16.0 Å². The van der Waals surface area contributed by atoms with Crippen molar-refractivity contribution >= 4 is 64.7 Å². The number of urea groups is 1. The summed E-state index contributed by atoms with van der Waals surface area (Å²) in [5, 5.41) is 25.1. The molecule has 9 amide bonds. The molecule has 1 aliphatic heterocycles. The van der Waals surface area contributed by atoms with Crippen molar-refractivity contribution in [2.45, 2.75) is 97.2 Å². The average molecular weight is 1130 g/mol. The van der Waals surface area contributed by atoms with Gasteiger partial charge >= 0.3 is 18.2 Å². The molecule has 2 heterocycles. The highest BCUT2D eigenvalue weighted by Gasteiger charge is 2.40. The maximum Gasteiger partial charge on any atom is 0.490 e. The van der Waals surface area contributed by atoms with E-state index in [0.717, 1.165) is 45.7 Å². The molecule has 22 nitrogen and oxygen atoms in total. The summed E-state index contributed by atoms with van der Waals surface area (Å²) >= 11 is 0. The van der Waals surface area contributed by atoms with Crippen molar-refractivity contribution < 1.29 is 75.3 Å². The van der Waals surface area contributed by atoms with E-state index < -0.39 is 113 Å². The Morgan fingerprint density at radius 2 is 1.45 bits per heavy atom. The lowest BCUT2D eigenvalue weighted by Crippen LogP contribution is -2.57. The summed E-state index contributed by atoms with van der Waals surface area (Å²) in [6, 6.07) is 12.5. The van der Waals surface area contributed by atoms with Crippen molar-refractivity contribution in [1.82, 2.24) is 30.4 Å². The first kappa shape index (κ1) is 63.9. The highest BCUT2D eigenvalue weighted by atomic mass is 19.4. The van der Waals surface area contributed by atoms with Crippen LogP contribution in [0, 0.1) is 23.0 Å². The number of carbonyl (C=O) groups excluding carboxylic acids is 8. The molecule has 0 saturated carbocycles. The second kappa shape index (κ2) is 28.3. The minimum absolute atomic E-state index is 0.0403. The number of alkyl halides is 3. The molecule has 0 radical (unpaired) electrons. The Kier molecular flexibility index (Phi) is 22.6. The molecular weight excluding hydrogens is 1060 g/mol. The number of carboxylic acids is 1. The number of carboxylic acid groups (broad SMARTS) is 1. The van der Waals surface area contributed by atoms with Crippen LogP contribution in [0.4, 0.5) is 38.1 Å². The maximum atomic E-state index is 15.2. The first-order valence-corrected chi connectivity index (χ1v) is 24.9. The third-order valence-corrected chi connectivity index (χ3v) is 12.2. The number of nitrogens with zero attached hydrogens (tertiary/aromatic N) is 5. The molecule has 27 heteroatoms. The second-order valence-electron chi connectivity index (χ2n) is 19.7. The predicted octanol–water partition coefficient (Wildman–Crippen LogP) is 3.55. The fourth-order valence-corrected chi connectivity index (χ4v) is 8.39. The lowest BCUT2D eigenvalue weighted by atomic mass is 9.84. The van der Waals surface area contributed by atoms with Crippen LogP contribution in [0.2, 0.25) is 0 Å². The van der Waals surface area contributed by atoms with Crippen LogP contribution < -0.4 is 43.0 Å². The Labute approximate surface area is 456 Å². The number of rotatable bonds is 24. The number of aliphatic carboxylic acids is 1. The molecule has 0 saturated heterocycles. The summed E-state index contributed by atoms with van der Waals surface area (Å²) < 4.78 is 63.0. The van der Waals surface area contributed by atoms with Gasteiger partial charge in [0, 0.05) is 62.2 Å². The van der Waals surface area contributed by atoms with E-state index >= 15 is 4.39 Å². The highest BCUT2D eigenvalue weighted by molar-refractivity contribution is 6.28. The molecular formula is C53H64F5N11O11. The Balaban J connectivity index is 0.00000184. The number of benzene rings is 3. The van der Waals surface area contributed by atoms with Gasteiger partial charge in [0.2, 0.25) is 23.6 Å². The van der Waals surface area contributed by atoms with Gasteiger partial charge in [0.15, 0.2) is 0 Å². The number of amides is 9. The standard InChI is InChI=1S/C51H63F2N11O9.C2HF3O2/c1-30(2)44(49(72)63(39(46(55)70)12-9-23-58-50(56)73)33-14-16-34(17-15-33)64-41(67)19-20-42(64)68)60-40(66)21-24-57-48(71)37(54)22-25-62(43(69)29-65)45(51(3,4)5)47-59-38(35-26-32(52)13-18-36(35)53)28-61(47)27-31-10-7-6-8-11-31;3-2(4,5)1(6)7/h6-8,10-11,13-20,26,28,30,37,39,44-45,65H,9,12,21-25,27,29,54H2,1-5H3,(H2,55,70)(H,57,71)(H,60,66)(H3,56,58,73);(H,6,7)/t37-,39-,44-,45-;/m0./s1. The Hall–Kier alpha value is -8.59. The number of aliphatic hydroxyl groups is 1. The smallest absolute Gasteiger partial charge is 0.475 e. The van der Waals surface area contributed by atoms with E-state index in [-0.39, 0.29) is 74.5 Å². The fourth-order valence-electron chi connectivity index (χ4n) is 8.39. The zero-order chi connectivity index (χ0) is 59.8. The average Bonchev–Trinajstić information content (AvgIpc) is 3.97. The third kappa shape index (κ3) is 17.7. The molecule has 3 aromatic carbocycles. The van der Waals surface area contributed by atoms with Gasteiger partial charge in [-0.05, 0) is 78.6 Å². The molecule has 0 unspecified atom stereocenters. The lowest BCUT2D eigenvalue weighted by molar-refractivity contribution is -0.192. The normalized spacial score (nSPS) is 13.8. The van der Waals surface area contributed by atoms with E-state index in [1.807, 2.05) is 51.1 Å². The largest absolute Gasteiger partial charge is 0.490 e. The van der Waals surface area contributed by atoms with Crippen molar-refractivity contribution in [3.05, 3.63) is 114 Å². The monoisotopic (exact) mass is 1130 g/mol. The zero-order valence-corrected chi connectivity index (χ0v) is 44.3. The van der Waals surface area contributed by atoms with E-state index in [9.17, 15) is 61.0 Å². The number of aromatic nitrogens is 2. The van der Waals surface area contributed by atoms with Gasteiger partial charge in [0.05, 0.1) is 23.5 Å². The fraction of sp³-hybridized carbons (Fsp3) is 0.396. The number of anilines is 2. The van der Waals surface area contributed by atoms with E-state index in [1.54, 1.807) is 24.6 Å². The Bertz CT molecular complexity index is 2900. The Morgan fingerprint density at radius 3 is 1.99 bits per heavy atom. The van der Waals surface area contributed by atoms with Crippen molar-refractivity contribution in [2.24, 2.45) is 28.5 Å². The zero-order valence-electron chi connectivity index (χ0n) is 44.3. The van der Waals surface area contributed by atoms with Crippen molar-refractivity contribution in [3.63, 3.8) is 0 Å². The van der Waals surface area contributed by atoms with Gasteiger partial charge in [-0.25, -0.2) is 28.3 Å². The van der Waals surface area contributed by atoms with Crippen LogP contribution in [-0.4, -0.2) is 129 Å². The van der Waals surface area contributed by atoms with Crippen molar-refractivity contribution in [1.29, 1.82) is 0 Å². The SMILES string of the molecule is CC(C)[C@H](NC(=O)CCNC(=O)[C@@H](N)CCN(C(=O)CO)[C@@H](c1nc(-c2cc(F)ccc2F)cn1Cc1ccccc1)C(C)(C)C)C(=O)N(c1ccc(N2C(=O)C=CC2=O)cc1)[C@@H](CCCNC(N)=O)C(N)=O.O=C(O)C(F)(F)F. The molecule has 4 atom stereocenters. The first-order chi connectivity index (χ1) is 37.5. The number of imide groups is 1. The lowest BCUT2D eigenvalue weighted by Gasteiger charge is -2.40. The van der Waals surface area contributed by atoms with Crippen LogP contribution in [0.5, 0.6) is 0 Å². The van der Waals surface area contributed by atoms with E-state index in [1.165, 1.54) is 29.2 Å². The van der Waals surface area contributed by atoms with Gasteiger partial charge < -0.3 is 52.8 Å². The van der Waals surface area contributed by atoms with Crippen LogP contribution in [0.25, 0.3) is 11.3 Å². The van der Waals surface area contributed by atoms with Crippen LogP contribution in [0.1, 0.15) is 77.7 Å². The number of nitrogens with two attached hydrogens (primary N) is 3. The number of nitrogens with one attached hydrogen (secondary N) is 3. The summed E-state index contributed by atoms with van der Waals surface area (Å²) in [6.45, 7) is 7.83. The quantitative estimate of drug-likeness (QED) is 0.0283. The number of aliphatic hydroxyl groups excluding tert-OH is 1. The minimum atomic E-state index is -5.08. The summed E-state index contributed by atoms with van der Waals surface area (Å²) in [6.07, 6.45) is -1.62. The topological polar surface area (TPSA) is 336 Å². The first-order valence-electron chi connectivity index (χ1n) is 24.9. The van der Waals surface area contributed by atoms with Gasteiger partial charge in [-0.2, -0.15) is 13.2 Å². The molecule has 1 aromatic heterocycles. The minimum Gasteiger partial charge on any atom is -0.475 e. The number of hydrogen-bond donors (Lipinski definition) is 8. The van der Waals surface area contributed by atoms with Crippen LogP contribution >= 0.6 is 0 Å². The summed E-state index contributed by atoms with van der Waals surface area (Å²) in [5.74, 6) is -9.26. The molecule has 5 rings (SSSR count). The number of imidazole rings is 1. The number of halogens is 5. The van der Waals surface area contributed by atoms with Crippen molar-refractivity contribution in [2.75, 3.05) is 36.0 Å². The summed E-state index contributed by atoms with van der Waals surface area (Å²) in [4.78, 5) is 121. The van der Waals surface area contributed by atoms with Crippen LogP contribution in [0.3, 0.4) is 0 Å². The van der Waals surface area contributed by atoms with Gasteiger partial charge in [0.1, 0.15) is 36.1 Å². The Morgan fingerprint density at radius 1 is 0.838 bits per heavy atom. The molecule has 0 fully saturated rings. The van der Waals surface area contributed by atoms with Crippen LogP contribution in [0.15, 0.2) is 91.1 Å². The van der Waals surface area contributed by atoms with E-state index in [0.29, 0.717) is 5.82 Å². The third-order valence-electron chi connectivity index (χ3n) is 12.2. The maximum absolute atomic E-state index is 15.2. The summed E-state index contributed by atoms with van der Waals surface area (Å²) in [7, 11) is 0. The molecule has 11 N–H and O–H groups in total. The highest BCUT2D eigenvalue weighted by Crippen LogP contribution is 2.40. The van der Waals surface area contributed by atoms with Crippen LogP contribution in [-0.2, 0) is 44.9 Å². The molecule has 1 aliphatic rings. The predicted molar refractivity (Wildman–Crippen MR) is 280 cm³/mol. The number of carbonyl (C=O) groups is 9. The van der Waals surface area contributed by atoms with Gasteiger partial charge in [-0.3, -0.25) is 38.5 Å². The molecule has 432 valence electrons. The number of hydrogen-bond acceptors (Lipinski definition) is 12. The van der Waals surface area contributed by atoms with E-state index in [4.69, 9.17) is 32.1 Å². The molecule has 4 aromatic rings. The van der Waals surface area contributed by atoms with Gasteiger partial charge in [-0.15, -0.1) is 0 Å². The number of primary amides is 2. The van der Waals surface area contributed by atoms with Gasteiger partial charge in [-0.1, -0.05) is 65.0 Å².